The summed E-state index contributed by atoms with van der Waals surface area (Å²) in [6.45, 7) is 1.93. The SMILES string of the molecule is CCC(CO)NC(=S)Nc1nc2ccc([N+](=O)[O-])cc2s1. The van der Waals surface area contributed by atoms with Gasteiger partial charge in [-0.05, 0) is 24.7 Å². The van der Waals surface area contributed by atoms with Crippen LogP contribution in [-0.4, -0.2) is 32.8 Å². The minimum absolute atomic E-state index is 0.00956. The lowest BCUT2D eigenvalue weighted by molar-refractivity contribution is -0.384. The van der Waals surface area contributed by atoms with Crippen molar-refractivity contribution < 1.29 is 10.0 Å². The van der Waals surface area contributed by atoms with Crippen LogP contribution in [0.5, 0.6) is 0 Å². The summed E-state index contributed by atoms with van der Waals surface area (Å²) in [6.07, 6.45) is 0.740. The highest BCUT2D eigenvalue weighted by molar-refractivity contribution is 7.80. The van der Waals surface area contributed by atoms with Gasteiger partial charge in [0.1, 0.15) is 0 Å². The van der Waals surface area contributed by atoms with E-state index in [1.165, 1.54) is 23.5 Å². The zero-order valence-corrected chi connectivity index (χ0v) is 12.8. The maximum atomic E-state index is 10.7. The molecule has 9 heteroatoms. The van der Waals surface area contributed by atoms with E-state index in [-0.39, 0.29) is 18.3 Å². The molecule has 7 nitrogen and oxygen atoms in total. The van der Waals surface area contributed by atoms with Crippen molar-refractivity contribution in [3.63, 3.8) is 0 Å². The van der Waals surface area contributed by atoms with Crippen LogP contribution in [0, 0.1) is 10.1 Å². The molecule has 0 fully saturated rings. The minimum Gasteiger partial charge on any atom is -0.394 e. The molecule has 1 unspecified atom stereocenters. The van der Waals surface area contributed by atoms with Gasteiger partial charge in [0.05, 0.1) is 27.8 Å². The molecule has 0 aliphatic carbocycles. The van der Waals surface area contributed by atoms with Crippen molar-refractivity contribution >= 4 is 49.7 Å². The maximum absolute atomic E-state index is 10.7. The first-order valence-electron chi connectivity index (χ1n) is 6.26. The van der Waals surface area contributed by atoms with Crippen LogP contribution in [0.1, 0.15) is 13.3 Å². The molecule has 2 aromatic rings. The molecule has 1 aromatic carbocycles. The van der Waals surface area contributed by atoms with Gasteiger partial charge < -0.3 is 15.7 Å². The van der Waals surface area contributed by atoms with Gasteiger partial charge in [0.15, 0.2) is 10.2 Å². The molecule has 1 atom stereocenters. The molecule has 0 radical (unpaired) electrons. The molecule has 0 spiro atoms. The molecule has 1 heterocycles. The number of fused-ring (bicyclic) bond motifs is 1. The van der Waals surface area contributed by atoms with Crippen LogP contribution in [-0.2, 0) is 0 Å². The topological polar surface area (TPSA) is 100 Å². The first-order valence-corrected chi connectivity index (χ1v) is 7.49. The summed E-state index contributed by atoms with van der Waals surface area (Å²) < 4.78 is 0.712. The number of benzene rings is 1. The number of non-ortho nitro benzene ring substituents is 1. The summed E-state index contributed by atoms with van der Waals surface area (Å²) in [5, 5.41) is 26.7. The molecule has 112 valence electrons. The van der Waals surface area contributed by atoms with Crippen LogP contribution in [0.2, 0.25) is 0 Å². The Labute approximate surface area is 130 Å². The Balaban J connectivity index is 2.12. The lowest BCUT2D eigenvalue weighted by atomic mass is 10.2. The fourth-order valence-electron chi connectivity index (χ4n) is 1.68. The van der Waals surface area contributed by atoms with Crippen LogP contribution in [0.15, 0.2) is 18.2 Å². The van der Waals surface area contributed by atoms with Crippen LogP contribution < -0.4 is 10.6 Å². The number of rotatable bonds is 5. The van der Waals surface area contributed by atoms with E-state index in [9.17, 15) is 10.1 Å². The van der Waals surface area contributed by atoms with E-state index in [0.29, 0.717) is 20.5 Å². The molecule has 0 saturated carbocycles. The fraction of sp³-hybridized carbons (Fsp3) is 0.333. The average molecular weight is 326 g/mol. The first kappa shape index (κ1) is 15.5. The molecular weight excluding hydrogens is 312 g/mol. The van der Waals surface area contributed by atoms with Crippen molar-refractivity contribution in [3.8, 4) is 0 Å². The number of thiocarbonyl (C=S) groups is 1. The number of nitro groups is 1. The predicted octanol–water partition coefficient (Wildman–Crippen LogP) is 2.26. The summed E-state index contributed by atoms with van der Waals surface area (Å²) in [7, 11) is 0. The Morgan fingerprint density at radius 3 is 3.00 bits per heavy atom. The molecule has 21 heavy (non-hydrogen) atoms. The van der Waals surface area contributed by atoms with E-state index in [2.05, 4.69) is 15.6 Å². The lowest BCUT2D eigenvalue weighted by Gasteiger charge is -2.15. The maximum Gasteiger partial charge on any atom is 0.270 e. The lowest BCUT2D eigenvalue weighted by Crippen LogP contribution is -2.39. The number of thiazole rings is 1. The van der Waals surface area contributed by atoms with E-state index in [0.717, 1.165) is 6.42 Å². The molecule has 0 bridgehead atoms. The highest BCUT2D eigenvalue weighted by atomic mass is 32.1. The van der Waals surface area contributed by atoms with Crippen molar-refractivity contribution in [2.75, 3.05) is 11.9 Å². The third kappa shape index (κ3) is 3.84. The van der Waals surface area contributed by atoms with E-state index < -0.39 is 4.92 Å². The summed E-state index contributed by atoms with van der Waals surface area (Å²) in [4.78, 5) is 14.6. The summed E-state index contributed by atoms with van der Waals surface area (Å²) in [5.41, 5.74) is 0.704. The second kappa shape index (κ2) is 6.74. The van der Waals surface area contributed by atoms with Crippen molar-refractivity contribution in [2.24, 2.45) is 0 Å². The van der Waals surface area contributed by atoms with E-state index in [1.54, 1.807) is 6.07 Å². The van der Waals surface area contributed by atoms with Crippen molar-refractivity contribution in [1.29, 1.82) is 0 Å². The number of hydrogen-bond acceptors (Lipinski definition) is 6. The van der Waals surface area contributed by atoms with Gasteiger partial charge in [0.25, 0.3) is 5.69 Å². The molecule has 1 aromatic heterocycles. The molecule has 0 saturated heterocycles. The molecule has 0 aliphatic rings. The van der Waals surface area contributed by atoms with Gasteiger partial charge in [-0.1, -0.05) is 18.3 Å². The van der Waals surface area contributed by atoms with Gasteiger partial charge >= 0.3 is 0 Å². The Hall–Kier alpha value is -1.84. The monoisotopic (exact) mass is 326 g/mol. The predicted molar refractivity (Wildman–Crippen MR) is 86.8 cm³/mol. The standard InChI is InChI=1S/C12H14N4O3S2/c1-2-7(6-17)13-11(20)15-12-14-9-4-3-8(16(18)19)5-10(9)21-12/h3-5,7,17H,2,6H2,1H3,(H2,13,14,15,20). The number of aliphatic hydroxyl groups is 1. The van der Waals surface area contributed by atoms with E-state index >= 15 is 0 Å². The number of nitrogens with zero attached hydrogens (tertiary/aromatic N) is 2. The highest BCUT2D eigenvalue weighted by Gasteiger charge is 2.12. The number of anilines is 1. The van der Waals surface area contributed by atoms with Gasteiger partial charge in [-0.2, -0.15) is 0 Å². The number of aromatic nitrogens is 1. The minimum atomic E-state index is -0.439. The normalized spacial score (nSPS) is 12.1. The largest absolute Gasteiger partial charge is 0.394 e. The third-order valence-electron chi connectivity index (χ3n) is 2.85. The second-order valence-corrected chi connectivity index (χ2v) is 5.75. The van der Waals surface area contributed by atoms with Crippen LogP contribution >= 0.6 is 23.6 Å². The zero-order valence-electron chi connectivity index (χ0n) is 11.2. The number of nitrogens with one attached hydrogen (secondary N) is 2. The number of aliphatic hydroxyl groups excluding tert-OH is 1. The molecule has 2 rings (SSSR count). The molecule has 0 aliphatic heterocycles. The zero-order chi connectivity index (χ0) is 15.4. The molecule has 3 N–H and O–H groups in total. The van der Waals surface area contributed by atoms with Crippen LogP contribution in [0.25, 0.3) is 10.2 Å². The Bertz CT molecular complexity index is 670. The van der Waals surface area contributed by atoms with Gasteiger partial charge in [-0.25, -0.2) is 4.98 Å². The average Bonchev–Trinajstić information content (AvgIpc) is 2.85. The second-order valence-electron chi connectivity index (χ2n) is 4.31. The molecule has 0 amide bonds. The van der Waals surface area contributed by atoms with Crippen molar-refractivity contribution in [1.82, 2.24) is 10.3 Å². The number of nitro benzene ring substituents is 1. The van der Waals surface area contributed by atoms with E-state index in [4.69, 9.17) is 17.3 Å². The summed E-state index contributed by atoms with van der Waals surface area (Å²) in [6, 6.07) is 4.40. The van der Waals surface area contributed by atoms with Gasteiger partial charge in [-0.3, -0.25) is 10.1 Å². The van der Waals surface area contributed by atoms with Gasteiger partial charge in [0.2, 0.25) is 0 Å². The van der Waals surface area contributed by atoms with Crippen molar-refractivity contribution in [3.05, 3.63) is 28.3 Å². The first-order chi connectivity index (χ1) is 10.0. The van der Waals surface area contributed by atoms with Gasteiger partial charge in [-0.15, -0.1) is 0 Å². The van der Waals surface area contributed by atoms with Gasteiger partial charge in [0, 0.05) is 12.1 Å². The fourth-order valence-corrected chi connectivity index (χ4v) is 2.91. The summed E-state index contributed by atoms with van der Waals surface area (Å²) in [5.74, 6) is 0. The molecular formula is C12H14N4O3S2. The van der Waals surface area contributed by atoms with Crippen LogP contribution in [0.3, 0.4) is 0 Å². The summed E-state index contributed by atoms with van der Waals surface area (Å²) >= 11 is 6.42. The smallest absolute Gasteiger partial charge is 0.270 e. The van der Waals surface area contributed by atoms with E-state index in [1.807, 2.05) is 6.92 Å². The third-order valence-corrected chi connectivity index (χ3v) is 4.01. The highest BCUT2D eigenvalue weighted by Crippen LogP contribution is 2.29. The Morgan fingerprint density at radius 1 is 1.62 bits per heavy atom. The number of hydrogen-bond donors (Lipinski definition) is 3. The van der Waals surface area contributed by atoms with Crippen molar-refractivity contribution in [2.45, 2.75) is 19.4 Å². The van der Waals surface area contributed by atoms with Crippen LogP contribution in [0.4, 0.5) is 10.8 Å². The Morgan fingerprint density at radius 2 is 2.38 bits per heavy atom. The quantitative estimate of drug-likeness (QED) is 0.440. The Kier molecular flexibility index (Phi) is 4.99.